The highest BCUT2D eigenvalue weighted by Gasteiger charge is 2.29. The number of fused-ring (bicyclic) bond motifs is 1. The van der Waals surface area contributed by atoms with Crippen molar-refractivity contribution in [2.75, 3.05) is 18.0 Å². The van der Waals surface area contributed by atoms with E-state index in [4.69, 9.17) is 14.8 Å². The smallest absolute Gasteiger partial charge is 0.308 e. The topological polar surface area (TPSA) is 92.9 Å². The third kappa shape index (κ3) is 5.03. The van der Waals surface area contributed by atoms with Crippen LogP contribution in [0.15, 0.2) is 54.6 Å². The van der Waals surface area contributed by atoms with Gasteiger partial charge in [-0.2, -0.15) is 9.61 Å². The quantitative estimate of drug-likeness (QED) is 0.397. The number of hydrogen-bond donors (Lipinski definition) is 1. The van der Waals surface area contributed by atoms with Gasteiger partial charge in [-0.05, 0) is 36.8 Å². The van der Waals surface area contributed by atoms with E-state index in [1.807, 2.05) is 61.5 Å². The SMILES string of the molecule is Cc1nc2cc(-c3cccc(OCc4ccccc4)n3)nn2c(N2CCC(C)(C)CC2)c1CC(=O)O. The van der Waals surface area contributed by atoms with Crippen LogP contribution in [0.2, 0.25) is 0 Å². The predicted octanol–water partition coefficient (Wildman–Crippen LogP) is 4.93. The third-order valence-electron chi connectivity index (χ3n) is 6.84. The van der Waals surface area contributed by atoms with Gasteiger partial charge in [-0.3, -0.25) is 4.79 Å². The number of hydrogen-bond acceptors (Lipinski definition) is 6. The Bertz CT molecular complexity index is 1390. The number of carboxylic acid groups (broad SMARTS) is 1. The maximum absolute atomic E-state index is 11.7. The first-order chi connectivity index (χ1) is 17.3. The first kappa shape index (κ1) is 23.8. The largest absolute Gasteiger partial charge is 0.481 e. The summed E-state index contributed by atoms with van der Waals surface area (Å²) < 4.78 is 7.70. The summed E-state index contributed by atoms with van der Waals surface area (Å²) in [5.41, 5.74) is 4.77. The Balaban J connectivity index is 1.51. The standard InChI is InChI=1S/C28H31N5O3/c1-19-21(16-26(34)35)27(32-14-12-28(2,3)13-15-32)33-24(29-19)17-23(31-33)22-10-7-11-25(30-22)36-18-20-8-5-4-6-9-20/h4-11,17H,12-16,18H2,1-3H3,(H,34,35). The van der Waals surface area contributed by atoms with Crippen LogP contribution in [0.4, 0.5) is 5.82 Å². The van der Waals surface area contributed by atoms with Gasteiger partial charge in [-0.25, -0.2) is 9.97 Å². The summed E-state index contributed by atoms with van der Waals surface area (Å²) in [6.07, 6.45) is 1.96. The number of piperidine rings is 1. The predicted molar refractivity (Wildman–Crippen MR) is 138 cm³/mol. The summed E-state index contributed by atoms with van der Waals surface area (Å²) in [7, 11) is 0. The molecule has 3 aromatic heterocycles. The fourth-order valence-corrected chi connectivity index (χ4v) is 4.64. The molecule has 0 radical (unpaired) electrons. The molecule has 8 heteroatoms. The van der Waals surface area contributed by atoms with Crippen molar-refractivity contribution in [3.63, 3.8) is 0 Å². The van der Waals surface area contributed by atoms with Crippen LogP contribution in [0.5, 0.6) is 5.88 Å². The molecule has 1 aliphatic heterocycles. The second kappa shape index (κ2) is 9.60. The van der Waals surface area contributed by atoms with Gasteiger partial charge in [0.25, 0.3) is 0 Å². The maximum atomic E-state index is 11.7. The lowest BCUT2D eigenvalue weighted by atomic mass is 9.82. The number of aliphatic carboxylic acids is 1. The molecule has 5 rings (SSSR count). The number of aromatic nitrogens is 4. The molecule has 0 saturated carbocycles. The molecule has 0 unspecified atom stereocenters. The van der Waals surface area contributed by atoms with E-state index in [1.54, 1.807) is 4.52 Å². The van der Waals surface area contributed by atoms with Gasteiger partial charge in [0.05, 0.1) is 12.1 Å². The van der Waals surface area contributed by atoms with Crippen molar-refractivity contribution in [2.24, 2.45) is 5.41 Å². The molecule has 1 fully saturated rings. The minimum absolute atomic E-state index is 0.0970. The van der Waals surface area contributed by atoms with Gasteiger partial charge >= 0.3 is 5.97 Å². The highest BCUT2D eigenvalue weighted by Crippen LogP contribution is 2.35. The van der Waals surface area contributed by atoms with Gasteiger partial charge in [0.1, 0.15) is 18.1 Å². The molecule has 1 saturated heterocycles. The van der Waals surface area contributed by atoms with E-state index in [-0.39, 0.29) is 11.8 Å². The normalized spacial score (nSPS) is 15.2. The van der Waals surface area contributed by atoms with Gasteiger partial charge in [0, 0.05) is 36.5 Å². The molecule has 4 aromatic rings. The van der Waals surface area contributed by atoms with Crippen LogP contribution in [0.1, 0.15) is 43.5 Å². The van der Waals surface area contributed by atoms with Crippen molar-refractivity contribution in [3.8, 4) is 17.3 Å². The number of aryl methyl sites for hydroxylation is 1. The second-order valence-corrected chi connectivity index (χ2v) is 10.2. The zero-order valence-electron chi connectivity index (χ0n) is 20.9. The molecule has 0 spiro atoms. The Kier molecular flexibility index (Phi) is 6.35. The molecule has 0 amide bonds. The van der Waals surface area contributed by atoms with Gasteiger partial charge < -0.3 is 14.7 Å². The van der Waals surface area contributed by atoms with Crippen LogP contribution in [-0.4, -0.2) is 43.7 Å². The van der Waals surface area contributed by atoms with Crippen LogP contribution in [0.25, 0.3) is 17.0 Å². The zero-order valence-corrected chi connectivity index (χ0v) is 20.9. The Morgan fingerprint density at radius 3 is 2.50 bits per heavy atom. The summed E-state index contributed by atoms with van der Waals surface area (Å²) in [4.78, 5) is 23.4. The van der Waals surface area contributed by atoms with Crippen LogP contribution < -0.4 is 9.64 Å². The van der Waals surface area contributed by atoms with Crippen molar-refractivity contribution in [1.29, 1.82) is 0 Å². The first-order valence-corrected chi connectivity index (χ1v) is 12.3. The molecular formula is C28H31N5O3. The van der Waals surface area contributed by atoms with Crippen molar-refractivity contribution in [1.82, 2.24) is 19.6 Å². The lowest BCUT2D eigenvalue weighted by molar-refractivity contribution is -0.136. The molecule has 36 heavy (non-hydrogen) atoms. The van der Waals surface area contributed by atoms with E-state index in [0.717, 1.165) is 37.3 Å². The number of benzene rings is 1. The van der Waals surface area contributed by atoms with Gasteiger partial charge in [-0.15, -0.1) is 0 Å². The van der Waals surface area contributed by atoms with Gasteiger partial charge in [-0.1, -0.05) is 50.2 Å². The number of anilines is 1. The Morgan fingerprint density at radius 1 is 1.03 bits per heavy atom. The second-order valence-electron chi connectivity index (χ2n) is 10.2. The summed E-state index contributed by atoms with van der Waals surface area (Å²) in [6.45, 7) is 8.54. The van der Waals surface area contributed by atoms with E-state index in [9.17, 15) is 9.90 Å². The Morgan fingerprint density at radius 2 is 1.78 bits per heavy atom. The third-order valence-corrected chi connectivity index (χ3v) is 6.84. The fraction of sp³-hybridized carbons (Fsp3) is 0.357. The van der Waals surface area contributed by atoms with Crippen molar-refractivity contribution < 1.29 is 14.6 Å². The average Bonchev–Trinajstić information content (AvgIpc) is 3.28. The molecule has 8 nitrogen and oxygen atoms in total. The number of pyridine rings is 1. The summed E-state index contributed by atoms with van der Waals surface area (Å²) in [5.74, 6) is 0.455. The number of carboxylic acids is 1. The summed E-state index contributed by atoms with van der Waals surface area (Å²) >= 11 is 0. The van der Waals surface area contributed by atoms with E-state index in [0.29, 0.717) is 40.8 Å². The van der Waals surface area contributed by atoms with Crippen molar-refractivity contribution in [2.45, 2.75) is 46.6 Å². The molecule has 1 N–H and O–H groups in total. The summed E-state index contributed by atoms with van der Waals surface area (Å²) in [5, 5.41) is 14.5. The molecule has 0 aliphatic carbocycles. The Labute approximate surface area is 210 Å². The molecule has 186 valence electrons. The zero-order chi connectivity index (χ0) is 25.3. The molecule has 4 heterocycles. The molecule has 1 aromatic carbocycles. The minimum atomic E-state index is -0.879. The highest BCUT2D eigenvalue weighted by atomic mass is 16.5. The van der Waals surface area contributed by atoms with E-state index in [2.05, 4.69) is 23.7 Å². The number of nitrogens with zero attached hydrogens (tertiary/aromatic N) is 5. The first-order valence-electron chi connectivity index (χ1n) is 12.3. The monoisotopic (exact) mass is 485 g/mol. The fourth-order valence-electron chi connectivity index (χ4n) is 4.64. The maximum Gasteiger partial charge on any atom is 0.308 e. The molecular weight excluding hydrogens is 454 g/mol. The lowest BCUT2D eigenvalue weighted by Gasteiger charge is -2.38. The van der Waals surface area contributed by atoms with E-state index < -0.39 is 5.97 Å². The molecule has 1 aliphatic rings. The molecule has 0 atom stereocenters. The van der Waals surface area contributed by atoms with Crippen molar-refractivity contribution >= 4 is 17.4 Å². The average molecular weight is 486 g/mol. The Hall–Kier alpha value is -3.94. The summed E-state index contributed by atoms with van der Waals surface area (Å²) in [6, 6.07) is 17.5. The van der Waals surface area contributed by atoms with Crippen LogP contribution >= 0.6 is 0 Å². The molecule has 0 bridgehead atoms. The number of ether oxygens (including phenoxy) is 1. The van der Waals surface area contributed by atoms with Crippen LogP contribution in [-0.2, 0) is 17.8 Å². The van der Waals surface area contributed by atoms with Crippen LogP contribution in [0, 0.1) is 12.3 Å². The van der Waals surface area contributed by atoms with E-state index >= 15 is 0 Å². The highest BCUT2D eigenvalue weighted by molar-refractivity contribution is 5.75. The van der Waals surface area contributed by atoms with E-state index in [1.165, 1.54) is 0 Å². The number of rotatable bonds is 7. The van der Waals surface area contributed by atoms with Crippen LogP contribution in [0.3, 0.4) is 0 Å². The van der Waals surface area contributed by atoms with Gasteiger partial charge in [0.2, 0.25) is 5.88 Å². The van der Waals surface area contributed by atoms with Gasteiger partial charge in [0.15, 0.2) is 5.65 Å². The lowest BCUT2D eigenvalue weighted by Crippen LogP contribution is -2.39. The number of carbonyl (C=O) groups is 1. The minimum Gasteiger partial charge on any atom is -0.481 e. The van der Waals surface area contributed by atoms with Crippen molar-refractivity contribution in [3.05, 3.63) is 71.4 Å².